The van der Waals surface area contributed by atoms with Gasteiger partial charge in [0, 0.05) is 5.56 Å². The number of benzene rings is 2. The van der Waals surface area contributed by atoms with Gasteiger partial charge in [-0.1, -0.05) is 76.1 Å². The minimum absolute atomic E-state index is 0.0516. The summed E-state index contributed by atoms with van der Waals surface area (Å²) in [5.74, 6) is 0.902. The van der Waals surface area contributed by atoms with Crippen LogP contribution in [-0.2, 0) is 18.4 Å². The Hall–Kier alpha value is -3.02. The second kappa shape index (κ2) is 9.65. The van der Waals surface area contributed by atoms with Crippen molar-refractivity contribution in [2.45, 2.75) is 65.4 Å². The molecule has 0 aliphatic carbocycles. The molecule has 6 heteroatoms. The summed E-state index contributed by atoms with van der Waals surface area (Å²) < 4.78 is 5.88. The molecule has 0 radical (unpaired) electrons. The van der Waals surface area contributed by atoms with Crippen molar-refractivity contribution in [1.82, 2.24) is 20.6 Å². The molecule has 1 N–H and O–H groups in total. The van der Waals surface area contributed by atoms with Crippen LogP contribution in [-0.4, -0.2) is 26.4 Å². The number of aryl methyl sites for hydroxylation is 1. The van der Waals surface area contributed by atoms with Gasteiger partial charge >= 0.3 is 0 Å². The molecule has 0 amide bonds. The molecule has 0 unspecified atom stereocenters. The van der Waals surface area contributed by atoms with Crippen molar-refractivity contribution in [3.63, 3.8) is 0 Å². The number of carbonyl (C=O) groups excluding carboxylic acids is 1. The summed E-state index contributed by atoms with van der Waals surface area (Å²) >= 11 is 0. The summed E-state index contributed by atoms with van der Waals surface area (Å²) in [5.41, 5.74) is 3.46. The number of aromatic nitrogens is 4. The number of hydrogen-bond donors (Lipinski definition) is 1. The molecule has 0 saturated carbocycles. The Balaban J connectivity index is 1.85. The molecule has 30 heavy (non-hydrogen) atoms. The van der Waals surface area contributed by atoms with Gasteiger partial charge in [0.05, 0.1) is 5.56 Å². The van der Waals surface area contributed by atoms with Crippen LogP contribution in [0.3, 0.4) is 0 Å². The van der Waals surface area contributed by atoms with Crippen LogP contribution in [0.1, 0.15) is 79.8 Å². The molecule has 0 fully saturated rings. The van der Waals surface area contributed by atoms with E-state index in [4.69, 9.17) is 4.74 Å². The molecule has 3 aromatic rings. The fourth-order valence-corrected chi connectivity index (χ4v) is 3.24. The van der Waals surface area contributed by atoms with Crippen molar-refractivity contribution >= 4 is 5.78 Å². The van der Waals surface area contributed by atoms with Crippen LogP contribution in [0.4, 0.5) is 0 Å². The number of ether oxygens (including phenoxy) is 1. The van der Waals surface area contributed by atoms with Gasteiger partial charge in [-0.2, -0.15) is 5.21 Å². The van der Waals surface area contributed by atoms with Crippen molar-refractivity contribution in [3.05, 3.63) is 70.5 Å². The highest BCUT2D eigenvalue weighted by atomic mass is 16.5. The number of hydrogen-bond acceptors (Lipinski definition) is 5. The van der Waals surface area contributed by atoms with Crippen molar-refractivity contribution in [2.75, 3.05) is 0 Å². The predicted molar refractivity (Wildman–Crippen MR) is 117 cm³/mol. The molecule has 6 nitrogen and oxygen atoms in total. The monoisotopic (exact) mass is 406 g/mol. The van der Waals surface area contributed by atoms with E-state index in [0.717, 1.165) is 12.0 Å². The zero-order valence-corrected chi connectivity index (χ0v) is 18.2. The maximum atomic E-state index is 13.3. The highest BCUT2D eigenvalue weighted by Gasteiger charge is 2.21. The lowest BCUT2D eigenvalue weighted by molar-refractivity contribution is 0.103. The molecule has 0 spiro atoms. The van der Waals surface area contributed by atoms with Crippen LogP contribution >= 0.6 is 0 Å². The predicted octanol–water partition coefficient (Wildman–Crippen LogP) is 5.04. The quantitative estimate of drug-likeness (QED) is 0.398. The average Bonchev–Trinajstić information content (AvgIpc) is 3.25. The highest BCUT2D eigenvalue weighted by molar-refractivity contribution is 6.10. The van der Waals surface area contributed by atoms with Gasteiger partial charge in [0.2, 0.25) is 5.82 Å². The molecule has 3 rings (SSSR count). The second-order valence-electron chi connectivity index (χ2n) is 8.56. The smallest absolute Gasteiger partial charge is 0.211 e. The largest absolute Gasteiger partial charge is 0.485 e. The lowest BCUT2D eigenvalue weighted by Gasteiger charge is -2.21. The number of tetrazole rings is 1. The number of H-pyrrole nitrogens is 1. The van der Waals surface area contributed by atoms with Crippen LogP contribution in [0.25, 0.3) is 0 Å². The average molecular weight is 407 g/mol. The molecule has 158 valence electrons. The number of unbranched alkanes of at least 4 members (excludes halogenated alkanes) is 2. The Labute approximate surface area is 178 Å². The van der Waals surface area contributed by atoms with Gasteiger partial charge in [0.1, 0.15) is 5.75 Å². The van der Waals surface area contributed by atoms with Gasteiger partial charge in [-0.3, -0.25) is 4.79 Å². The lowest BCUT2D eigenvalue weighted by atomic mass is 9.85. The minimum atomic E-state index is -0.0790. The number of rotatable bonds is 9. The minimum Gasteiger partial charge on any atom is -0.485 e. The molecule has 1 aromatic heterocycles. The maximum absolute atomic E-state index is 13.3. The number of nitrogens with zero attached hydrogens (tertiary/aromatic N) is 3. The van der Waals surface area contributed by atoms with E-state index < -0.39 is 0 Å². The molecule has 0 aliphatic rings. The normalized spacial score (nSPS) is 11.5. The van der Waals surface area contributed by atoms with Crippen molar-refractivity contribution in [3.8, 4) is 5.75 Å². The fraction of sp³-hybridized carbons (Fsp3) is 0.417. The molecule has 0 aliphatic heterocycles. The molecule has 0 atom stereocenters. The van der Waals surface area contributed by atoms with E-state index in [2.05, 4.69) is 60.5 Å². The van der Waals surface area contributed by atoms with Gasteiger partial charge in [-0.15, -0.1) is 10.2 Å². The molecule has 1 heterocycles. The zero-order chi connectivity index (χ0) is 21.6. The summed E-state index contributed by atoms with van der Waals surface area (Å²) in [6.07, 6.45) is 4.64. The van der Waals surface area contributed by atoms with Gasteiger partial charge in [-0.25, -0.2) is 0 Å². The third kappa shape index (κ3) is 5.53. The van der Waals surface area contributed by atoms with Crippen LogP contribution in [0.15, 0.2) is 42.5 Å². The Kier molecular flexibility index (Phi) is 6.98. The van der Waals surface area contributed by atoms with Crippen LogP contribution < -0.4 is 4.74 Å². The SMILES string of the molecule is CCCCCc1ccc(C(=O)c2cc(C(C)(C)C)ccc2OCc2nn[nH]n2)cc1. The molecule has 2 aromatic carbocycles. The van der Waals surface area contributed by atoms with Gasteiger partial charge < -0.3 is 4.74 Å². The Morgan fingerprint density at radius 2 is 1.83 bits per heavy atom. The van der Waals surface area contributed by atoms with Crippen molar-refractivity contribution in [2.24, 2.45) is 0 Å². The summed E-state index contributed by atoms with van der Waals surface area (Å²) in [6, 6.07) is 13.7. The fourth-order valence-electron chi connectivity index (χ4n) is 3.24. The summed E-state index contributed by atoms with van der Waals surface area (Å²) in [6.45, 7) is 8.72. The summed E-state index contributed by atoms with van der Waals surface area (Å²) in [7, 11) is 0. The maximum Gasteiger partial charge on any atom is 0.211 e. The van der Waals surface area contributed by atoms with E-state index in [1.54, 1.807) is 0 Å². The molecule has 0 bridgehead atoms. The van der Waals surface area contributed by atoms with E-state index in [1.165, 1.54) is 24.8 Å². The molecule has 0 saturated heterocycles. The third-order valence-electron chi connectivity index (χ3n) is 5.12. The van der Waals surface area contributed by atoms with E-state index in [9.17, 15) is 4.79 Å². The standard InChI is InChI=1S/C24H30N4O2/c1-5-6-7-8-17-9-11-18(12-10-17)23(29)20-15-19(24(2,3)4)13-14-21(20)30-16-22-25-27-28-26-22/h9-15H,5-8,16H2,1-4H3,(H,25,26,27,28). The highest BCUT2D eigenvalue weighted by Crippen LogP contribution is 2.30. The van der Waals surface area contributed by atoms with E-state index in [0.29, 0.717) is 22.7 Å². The molecular weight excluding hydrogens is 376 g/mol. The first kappa shape index (κ1) is 21.7. The number of carbonyl (C=O) groups is 1. The van der Waals surface area contributed by atoms with E-state index in [1.807, 2.05) is 30.3 Å². The third-order valence-corrected chi connectivity index (χ3v) is 5.12. The summed E-state index contributed by atoms with van der Waals surface area (Å²) in [4.78, 5) is 13.3. The number of nitrogens with one attached hydrogen (secondary N) is 1. The van der Waals surface area contributed by atoms with E-state index >= 15 is 0 Å². The van der Waals surface area contributed by atoms with Crippen molar-refractivity contribution < 1.29 is 9.53 Å². The number of aromatic amines is 1. The van der Waals surface area contributed by atoms with Crippen LogP contribution in [0.5, 0.6) is 5.75 Å². The van der Waals surface area contributed by atoms with Crippen LogP contribution in [0.2, 0.25) is 0 Å². The van der Waals surface area contributed by atoms with Gasteiger partial charge in [0.25, 0.3) is 0 Å². The Bertz CT molecular complexity index is 958. The van der Waals surface area contributed by atoms with Gasteiger partial charge in [0.15, 0.2) is 12.4 Å². The Morgan fingerprint density at radius 1 is 1.07 bits per heavy atom. The van der Waals surface area contributed by atoms with Gasteiger partial charge in [-0.05, 0) is 41.5 Å². The lowest BCUT2D eigenvalue weighted by Crippen LogP contribution is -2.14. The number of ketones is 1. The first-order valence-electron chi connectivity index (χ1n) is 10.5. The Morgan fingerprint density at radius 3 is 2.47 bits per heavy atom. The summed E-state index contributed by atoms with van der Waals surface area (Å²) in [5, 5.41) is 13.7. The molecular formula is C24H30N4O2. The van der Waals surface area contributed by atoms with Crippen LogP contribution in [0, 0.1) is 0 Å². The van der Waals surface area contributed by atoms with E-state index in [-0.39, 0.29) is 17.8 Å². The zero-order valence-electron chi connectivity index (χ0n) is 18.2. The first-order valence-corrected chi connectivity index (χ1v) is 10.5. The van der Waals surface area contributed by atoms with Crippen molar-refractivity contribution in [1.29, 1.82) is 0 Å². The second-order valence-corrected chi connectivity index (χ2v) is 8.56. The first-order chi connectivity index (χ1) is 14.4. The topological polar surface area (TPSA) is 80.8 Å².